The molecule has 0 radical (unpaired) electrons. The van der Waals surface area contributed by atoms with Crippen LogP contribution in [0.2, 0.25) is 0 Å². The topological polar surface area (TPSA) is 158 Å². The van der Waals surface area contributed by atoms with Gasteiger partial charge in [0.2, 0.25) is 5.91 Å². The lowest BCUT2D eigenvalue weighted by molar-refractivity contribution is -0.150. The quantitative estimate of drug-likeness (QED) is 0.324. The fourth-order valence-electron chi connectivity index (χ4n) is 3.72. The number of rotatable bonds is 5. The lowest BCUT2D eigenvalue weighted by Crippen LogP contribution is -2.55. The van der Waals surface area contributed by atoms with Crippen molar-refractivity contribution in [3.8, 4) is 0 Å². The van der Waals surface area contributed by atoms with Crippen molar-refractivity contribution in [2.45, 2.75) is 25.2 Å². The molecule has 1 saturated heterocycles. The van der Waals surface area contributed by atoms with Gasteiger partial charge in [0, 0.05) is 30.0 Å². The molecule has 0 spiro atoms. The number of nitrogens with two attached hydrogens (primary N) is 1. The summed E-state index contributed by atoms with van der Waals surface area (Å²) in [6, 6.07) is 11.6. The molecule has 4 rings (SSSR count). The number of aliphatic hydroxyl groups excluding tert-OH is 1. The van der Waals surface area contributed by atoms with Crippen molar-refractivity contribution < 1.29 is 24.2 Å². The van der Waals surface area contributed by atoms with E-state index in [1.54, 1.807) is 36.4 Å². The Kier molecular flexibility index (Phi) is 5.89. The van der Waals surface area contributed by atoms with E-state index < -0.39 is 24.0 Å². The zero-order chi connectivity index (χ0) is 22.8. The Bertz CT molecular complexity index is 1080. The Labute approximate surface area is 183 Å². The molecule has 32 heavy (non-hydrogen) atoms. The second-order valence-electron chi connectivity index (χ2n) is 7.61. The second-order valence-corrected chi connectivity index (χ2v) is 7.61. The van der Waals surface area contributed by atoms with Gasteiger partial charge in [-0.25, -0.2) is 0 Å². The molecular formula is C22H23N5O5. The molecule has 10 heteroatoms. The molecule has 0 saturated carbocycles. The van der Waals surface area contributed by atoms with E-state index in [0.717, 1.165) is 11.1 Å². The first-order chi connectivity index (χ1) is 15.3. The third-order valence-electron chi connectivity index (χ3n) is 5.47. The van der Waals surface area contributed by atoms with E-state index in [2.05, 4.69) is 10.6 Å². The van der Waals surface area contributed by atoms with Crippen molar-refractivity contribution in [2.75, 3.05) is 23.4 Å². The first-order valence-electron chi connectivity index (χ1n) is 10.1. The number of morpholine rings is 1. The van der Waals surface area contributed by atoms with Crippen LogP contribution in [0.1, 0.15) is 16.7 Å². The summed E-state index contributed by atoms with van der Waals surface area (Å²) < 4.78 is 5.43. The van der Waals surface area contributed by atoms with E-state index in [4.69, 9.17) is 15.9 Å². The minimum Gasteiger partial charge on any atom is -0.384 e. The van der Waals surface area contributed by atoms with Gasteiger partial charge in [-0.3, -0.25) is 19.8 Å². The average Bonchev–Trinajstić information content (AvgIpc) is 2.78. The number of amidine groups is 1. The highest BCUT2D eigenvalue weighted by Crippen LogP contribution is 2.25. The molecule has 10 nitrogen and oxygen atoms in total. The summed E-state index contributed by atoms with van der Waals surface area (Å²) in [6.45, 7) is 0.854. The third-order valence-corrected chi connectivity index (χ3v) is 5.47. The number of carbonyl (C=O) groups is 3. The van der Waals surface area contributed by atoms with E-state index in [-0.39, 0.29) is 31.3 Å². The van der Waals surface area contributed by atoms with Crippen molar-refractivity contribution in [3.63, 3.8) is 0 Å². The van der Waals surface area contributed by atoms with Crippen LogP contribution in [0.4, 0.5) is 11.4 Å². The summed E-state index contributed by atoms with van der Waals surface area (Å²) in [6.07, 6.45) is -2.85. The largest absolute Gasteiger partial charge is 0.384 e. The third kappa shape index (κ3) is 4.32. The van der Waals surface area contributed by atoms with Crippen molar-refractivity contribution in [2.24, 2.45) is 5.73 Å². The van der Waals surface area contributed by atoms with E-state index in [0.29, 0.717) is 23.5 Å². The molecule has 2 atom stereocenters. The Morgan fingerprint density at radius 1 is 1.22 bits per heavy atom. The van der Waals surface area contributed by atoms with Gasteiger partial charge in [0.1, 0.15) is 5.84 Å². The van der Waals surface area contributed by atoms with Gasteiger partial charge in [0.05, 0.1) is 13.0 Å². The molecule has 0 unspecified atom stereocenters. The Balaban J connectivity index is 1.46. The average molecular weight is 437 g/mol. The van der Waals surface area contributed by atoms with Gasteiger partial charge in [-0.1, -0.05) is 6.07 Å². The molecule has 0 aromatic heterocycles. The Morgan fingerprint density at radius 2 is 1.97 bits per heavy atom. The second kappa shape index (κ2) is 8.77. The van der Waals surface area contributed by atoms with Crippen molar-refractivity contribution in [1.82, 2.24) is 5.32 Å². The summed E-state index contributed by atoms with van der Waals surface area (Å²) in [5.41, 5.74) is 8.70. The fraction of sp³-hybridized carbons (Fsp3) is 0.273. The van der Waals surface area contributed by atoms with E-state index in [9.17, 15) is 19.5 Å². The predicted molar refractivity (Wildman–Crippen MR) is 116 cm³/mol. The normalized spacial score (nSPS) is 19.0. The van der Waals surface area contributed by atoms with Crippen molar-refractivity contribution in [1.29, 1.82) is 5.41 Å². The number of carbonyl (C=O) groups excluding carboxylic acids is 3. The van der Waals surface area contributed by atoms with Gasteiger partial charge in [0.25, 0.3) is 11.8 Å². The van der Waals surface area contributed by atoms with Crippen LogP contribution in [0.15, 0.2) is 42.5 Å². The summed E-state index contributed by atoms with van der Waals surface area (Å²) in [5, 5.41) is 23.2. The number of nitrogen functional groups attached to an aromatic ring is 1. The first kappa shape index (κ1) is 21.5. The molecule has 166 valence electrons. The molecule has 2 aromatic carbocycles. The molecule has 2 aromatic rings. The van der Waals surface area contributed by atoms with Gasteiger partial charge in [-0.15, -0.1) is 0 Å². The zero-order valence-electron chi connectivity index (χ0n) is 17.1. The van der Waals surface area contributed by atoms with Crippen LogP contribution in [0.3, 0.4) is 0 Å². The minimum absolute atomic E-state index is 0.0794. The standard InChI is InChI=1S/C22H23N5O5/c23-20(24)12-1-4-15(5-2-12)26-21(30)18(29)19-22(31)27(7-8-32-19)16-6-3-13-11-25-17(28)10-14(13)9-16/h1-6,9,18-19,29H,7-8,10-11H2,(H3,23,24)(H,25,28)(H,26,30)/t18-,19-/m1/s1. The fourth-order valence-corrected chi connectivity index (χ4v) is 3.72. The molecule has 2 aliphatic heterocycles. The molecule has 1 fully saturated rings. The molecule has 0 aliphatic carbocycles. The number of amides is 3. The van der Waals surface area contributed by atoms with Crippen molar-refractivity contribution >= 4 is 34.9 Å². The summed E-state index contributed by atoms with van der Waals surface area (Å²) in [7, 11) is 0. The lowest BCUT2D eigenvalue weighted by atomic mass is 9.99. The molecule has 6 N–H and O–H groups in total. The maximum absolute atomic E-state index is 13.0. The monoisotopic (exact) mass is 437 g/mol. The van der Waals surface area contributed by atoms with Crippen LogP contribution < -0.4 is 21.3 Å². The number of hydrogen-bond donors (Lipinski definition) is 5. The van der Waals surface area contributed by atoms with Crippen LogP contribution >= 0.6 is 0 Å². The lowest BCUT2D eigenvalue weighted by Gasteiger charge is -2.34. The zero-order valence-corrected chi connectivity index (χ0v) is 17.1. The Morgan fingerprint density at radius 3 is 2.69 bits per heavy atom. The highest BCUT2D eigenvalue weighted by molar-refractivity contribution is 6.04. The van der Waals surface area contributed by atoms with Crippen LogP contribution in [0.25, 0.3) is 0 Å². The SMILES string of the molecule is N=C(N)c1ccc(NC(=O)[C@H](O)[C@H]2OCCN(c3ccc4c(c3)CC(=O)NC4)C2=O)cc1. The number of nitrogens with one attached hydrogen (secondary N) is 3. The first-order valence-corrected chi connectivity index (χ1v) is 10.1. The van der Waals surface area contributed by atoms with E-state index in [1.807, 2.05) is 6.07 Å². The number of ether oxygens (including phenoxy) is 1. The molecular weight excluding hydrogens is 414 g/mol. The molecule has 2 aliphatic rings. The minimum atomic E-state index is -1.72. The highest BCUT2D eigenvalue weighted by atomic mass is 16.5. The smallest absolute Gasteiger partial charge is 0.259 e. The predicted octanol–water partition coefficient (Wildman–Crippen LogP) is -0.126. The van der Waals surface area contributed by atoms with Crippen LogP contribution in [-0.4, -0.2) is 54.0 Å². The van der Waals surface area contributed by atoms with Gasteiger partial charge in [0.15, 0.2) is 12.2 Å². The maximum atomic E-state index is 13.0. The van der Waals surface area contributed by atoms with Gasteiger partial charge in [-0.05, 0) is 47.5 Å². The number of nitrogens with zero attached hydrogens (tertiary/aromatic N) is 1. The number of hydrogen-bond acceptors (Lipinski definition) is 6. The maximum Gasteiger partial charge on any atom is 0.259 e. The van der Waals surface area contributed by atoms with Gasteiger partial charge in [-0.2, -0.15) is 0 Å². The van der Waals surface area contributed by atoms with Crippen LogP contribution in [-0.2, 0) is 32.1 Å². The highest BCUT2D eigenvalue weighted by Gasteiger charge is 2.39. The summed E-state index contributed by atoms with van der Waals surface area (Å²) >= 11 is 0. The molecule has 0 bridgehead atoms. The van der Waals surface area contributed by atoms with Crippen LogP contribution in [0, 0.1) is 5.41 Å². The van der Waals surface area contributed by atoms with Gasteiger partial charge >= 0.3 is 0 Å². The van der Waals surface area contributed by atoms with Gasteiger partial charge < -0.3 is 31.1 Å². The van der Waals surface area contributed by atoms with Crippen molar-refractivity contribution in [3.05, 3.63) is 59.2 Å². The number of aliphatic hydroxyl groups is 1. The molecule has 2 heterocycles. The number of fused-ring (bicyclic) bond motifs is 1. The van der Waals surface area contributed by atoms with E-state index >= 15 is 0 Å². The summed E-state index contributed by atoms with van der Waals surface area (Å²) in [5.74, 6) is -1.51. The Hall–Kier alpha value is -3.76. The number of benzene rings is 2. The van der Waals surface area contributed by atoms with Crippen LogP contribution in [0.5, 0.6) is 0 Å². The van der Waals surface area contributed by atoms with E-state index in [1.165, 1.54) is 4.90 Å². The molecule has 3 amide bonds. The number of anilines is 2. The summed E-state index contributed by atoms with van der Waals surface area (Å²) in [4.78, 5) is 38.7.